The zero-order chi connectivity index (χ0) is 21.8. The van der Waals surface area contributed by atoms with Gasteiger partial charge >= 0.3 is 0 Å². The molecular formula is C24H32N6O. The van der Waals surface area contributed by atoms with E-state index < -0.39 is 0 Å². The van der Waals surface area contributed by atoms with Crippen LogP contribution in [0.15, 0.2) is 36.7 Å². The standard InChI is InChI=1S/C24H32N6O/c1-4-20(5-2)30-17-18(3)22-16-25-24(27-23(22)30)26-19-6-8-21(9-7-19)29-12-10-28(11-13-29)14-15-31/h6-9,15-17,20H,4-5,10-14H2,1-3H3,(H,25,26,27). The van der Waals surface area contributed by atoms with Gasteiger partial charge in [-0.2, -0.15) is 4.98 Å². The zero-order valence-corrected chi connectivity index (χ0v) is 18.7. The Bertz CT molecular complexity index is 1020. The van der Waals surface area contributed by atoms with Gasteiger partial charge < -0.3 is 19.6 Å². The van der Waals surface area contributed by atoms with E-state index >= 15 is 0 Å². The first-order chi connectivity index (χ1) is 15.1. The lowest BCUT2D eigenvalue weighted by Crippen LogP contribution is -2.46. The van der Waals surface area contributed by atoms with E-state index in [1.54, 1.807) is 0 Å². The minimum atomic E-state index is 0.449. The molecule has 1 aromatic carbocycles. The first-order valence-electron chi connectivity index (χ1n) is 11.2. The first kappa shape index (κ1) is 21.3. The smallest absolute Gasteiger partial charge is 0.229 e. The van der Waals surface area contributed by atoms with Crippen molar-refractivity contribution in [3.05, 3.63) is 42.2 Å². The molecule has 7 nitrogen and oxygen atoms in total. The molecule has 1 N–H and O–H groups in total. The number of benzene rings is 1. The van der Waals surface area contributed by atoms with Crippen LogP contribution in [0.25, 0.3) is 11.0 Å². The molecule has 164 valence electrons. The molecule has 31 heavy (non-hydrogen) atoms. The number of fused-ring (bicyclic) bond motifs is 1. The molecule has 1 saturated heterocycles. The fraction of sp³-hybridized carbons (Fsp3) is 0.458. The van der Waals surface area contributed by atoms with Crippen LogP contribution < -0.4 is 10.2 Å². The van der Waals surface area contributed by atoms with Crippen molar-refractivity contribution >= 4 is 34.6 Å². The molecule has 1 fully saturated rings. The van der Waals surface area contributed by atoms with E-state index in [1.165, 1.54) is 11.3 Å². The summed E-state index contributed by atoms with van der Waals surface area (Å²) < 4.78 is 2.30. The highest BCUT2D eigenvalue weighted by Crippen LogP contribution is 2.27. The summed E-state index contributed by atoms with van der Waals surface area (Å²) in [5.74, 6) is 0.619. The fourth-order valence-electron chi connectivity index (χ4n) is 4.39. The van der Waals surface area contributed by atoms with Crippen LogP contribution in [0.3, 0.4) is 0 Å². The van der Waals surface area contributed by atoms with Gasteiger partial charge in [0.15, 0.2) is 0 Å². The Morgan fingerprint density at radius 2 is 1.81 bits per heavy atom. The number of aryl methyl sites for hydroxylation is 1. The van der Waals surface area contributed by atoms with E-state index in [-0.39, 0.29) is 0 Å². The molecule has 1 aliphatic rings. The monoisotopic (exact) mass is 420 g/mol. The van der Waals surface area contributed by atoms with Crippen molar-refractivity contribution in [2.45, 2.75) is 39.7 Å². The summed E-state index contributed by atoms with van der Waals surface area (Å²) in [6.07, 6.45) is 7.27. The maximum Gasteiger partial charge on any atom is 0.229 e. The molecule has 4 rings (SSSR count). The molecular weight excluding hydrogens is 388 g/mol. The molecule has 1 aliphatic heterocycles. The van der Waals surface area contributed by atoms with Gasteiger partial charge in [0.25, 0.3) is 0 Å². The van der Waals surface area contributed by atoms with Crippen molar-refractivity contribution in [3.63, 3.8) is 0 Å². The van der Waals surface area contributed by atoms with Crippen molar-refractivity contribution in [1.29, 1.82) is 0 Å². The van der Waals surface area contributed by atoms with Gasteiger partial charge in [-0.05, 0) is 49.6 Å². The number of aldehydes is 1. The Morgan fingerprint density at radius 1 is 1.10 bits per heavy atom. The van der Waals surface area contributed by atoms with Gasteiger partial charge in [-0.15, -0.1) is 0 Å². The van der Waals surface area contributed by atoms with Crippen molar-refractivity contribution in [2.24, 2.45) is 0 Å². The number of hydrogen-bond donors (Lipinski definition) is 1. The summed E-state index contributed by atoms with van der Waals surface area (Å²) in [7, 11) is 0. The molecule has 3 heterocycles. The molecule has 0 radical (unpaired) electrons. The Hall–Kier alpha value is -2.93. The third-order valence-corrected chi connectivity index (χ3v) is 6.30. The average molecular weight is 421 g/mol. The summed E-state index contributed by atoms with van der Waals surface area (Å²) >= 11 is 0. The second-order valence-corrected chi connectivity index (χ2v) is 8.25. The van der Waals surface area contributed by atoms with Crippen LogP contribution in [0.5, 0.6) is 0 Å². The molecule has 2 aromatic heterocycles. The van der Waals surface area contributed by atoms with Crippen molar-refractivity contribution in [1.82, 2.24) is 19.4 Å². The lowest BCUT2D eigenvalue weighted by Gasteiger charge is -2.35. The Morgan fingerprint density at radius 3 is 2.45 bits per heavy atom. The van der Waals surface area contributed by atoms with Crippen molar-refractivity contribution in [3.8, 4) is 0 Å². The van der Waals surface area contributed by atoms with Crippen LogP contribution in [-0.4, -0.2) is 58.4 Å². The number of rotatable bonds is 8. The summed E-state index contributed by atoms with van der Waals surface area (Å²) in [6.45, 7) is 10.8. The van der Waals surface area contributed by atoms with E-state index in [2.05, 4.69) is 75.9 Å². The number of carbonyl (C=O) groups is 1. The Kier molecular flexibility index (Phi) is 6.51. The highest BCUT2D eigenvalue weighted by molar-refractivity contribution is 5.81. The van der Waals surface area contributed by atoms with Gasteiger partial charge in [0.1, 0.15) is 11.9 Å². The largest absolute Gasteiger partial charge is 0.369 e. The maximum atomic E-state index is 10.7. The van der Waals surface area contributed by atoms with Gasteiger partial charge in [0, 0.05) is 61.4 Å². The normalized spacial score (nSPS) is 15.0. The SMILES string of the molecule is CCC(CC)n1cc(C)c2cnc(Nc3ccc(N4CCN(CC=O)CC4)cc3)nc21. The molecule has 0 unspecified atom stereocenters. The third-order valence-electron chi connectivity index (χ3n) is 6.30. The minimum absolute atomic E-state index is 0.449. The summed E-state index contributed by atoms with van der Waals surface area (Å²) in [5.41, 5.74) is 4.38. The Labute approximate surface area is 184 Å². The van der Waals surface area contributed by atoms with Gasteiger partial charge in [0.2, 0.25) is 5.95 Å². The molecule has 0 saturated carbocycles. The van der Waals surface area contributed by atoms with Crippen LogP contribution in [-0.2, 0) is 4.79 Å². The zero-order valence-electron chi connectivity index (χ0n) is 18.7. The number of anilines is 3. The molecule has 0 aliphatic carbocycles. The number of piperazine rings is 1. The van der Waals surface area contributed by atoms with Crippen molar-refractivity contribution < 1.29 is 4.79 Å². The van der Waals surface area contributed by atoms with Gasteiger partial charge in [-0.3, -0.25) is 4.90 Å². The molecule has 7 heteroatoms. The average Bonchev–Trinajstić information content (AvgIpc) is 3.12. The number of hydrogen-bond acceptors (Lipinski definition) is 6. The predicted molar refractivity (Wildman–Crippen MR) is 126 cm³/mol. The second-order valence-electron chi connectivity index (χ2n) is 8.25. The van der Waals surface area contributed by atoms with E-state index in [0.29, 0.717) is 18.5 Å². The summed E-state index contributed by atoms with van der Waals surface area (Å²) in [4.78, 5) is 24.6. The van der Waals surface area contributed by atoms with Crippen LogP contribution in [0, 0.1) is 6.92 Å². The quantitative estimate of drug-likeness (QED) is 0.552. The van der Waals surface area contributed by atoms with E-state index in [4.69, 9.17) is 4.98 Å². The number of carbonyl (C=O) groups excluding carboxylic acids is 1. The number of nitrogens with one attached hydrogen (secondary N) is 1. The highest BCUT2D eigenvalue weighted by atomic mass is 16.1. The first-order valence-corrected chi connectivity index (χ1v) is 11.2. The van der Waals surface area contributed by atoms with E-state index in [1.807, 2.05) is 6.20 Å². The third kappa shape index (κ3) is 4.56. The lowest BCUT2D eigenvalue weighted by molar-refractivity contribution is -0.108. The highest BCUT2D eigenvalue weighted by Gasteiger charge is 2.17. The van der Waals surface area contributed by atoms with Crippen LogP contribution in [0.1, 0.15) is 38.3 Å². The molecule has 0 amide bonds. The summed E-state index contributed by atoms with van der Waals surface area (Å²) in [6, 6.07) is 8.86. The molecule has 3 aromatic rings. The maximum absolute atomic E-state index is 10.7. The van der Waals surface area contributed by atoms with Gasteiger partial charge in [0.05, 0.1) is 6.54 Å². The number of nitrogens with zero attached hydrogens (tertiary/aromatic N) is 5. The summed E-state index contributed by atoms with van der Waals surface area (Å²) in [5, 5.41) is 4.47. The van der Waals surface area contributed by atoms with E-state index in [0.717, 1.165) is 62.0 Å². The van der Waals surface area contributed by atoms with Crippen molar-refractivity contribution in [2.75, 3.05) is 42.9 Å². The molecule has 0 bridgehead atoms. The van der Waals surface area contributed by atoms with Gasteiger partial charge in [-0.25, -0.2) is 4.98 Å². The van der Waals surface area contributed by atoms with E-state index in [9.17, 15) is 4.79 Å². The minimum Gasteiger partial charge on any atom is -0.369 e. The van der Waals surface area contributed by atoms with Crippen LogP contribution >= 0.6 is 0 Å². The fourth-order valence-corrected chi connectivity index (χ4v) is 4.39. The topological polar surface area (TPSA) is 66.3 Å². The molecule has 0 atom stereocenters. The Balaban J connectivity index is 1.48. The van der Waals surface area contributed by atoms with Crippen LogP contribution in [0.2, 0.25) is 0 Å². The van der Waals surface area contributed by atoms with Crippen LogP contribution in [0.4, 0.5) is 17.3 Å². The number of aromatic nitrogens is 3. The molecule has 0 spiro atoms. The van der Waals surface area contributed by atoms with Gasteiger partial charge in [-0.1, -0.05) is 13.8 Å². The lowest BCUT2D eigenvalue weighted by atomic mass is 10.2. The second kappa shape index (κ2) is 9.47. The predicted octanol–water partition coefficient (Wildman–Crippen LogP) is 4.17.